The second-order valence-corrected chi connectivity index (χ2v) is 6.47. The summed E-state index contributed by atoms with van der Waals surface area (Å²) in [6.45, 7) is 2.35. The first-order valence-corrected chi connectivity index (χ1v) is 9.29. The number of carbonyl (C=O) groups is 2. The average molecular weight is 384 g/mol. The standard InChI is InChI=1S/C21H24N2O5/c1-3-27-20-18(5-4-12-22-20)21(25)28-14-19(24)23(16-8-9-16)13-15-6-10-17(26-2)11-7-15/h4-7,10-12,16H,3,8-9,13-14H2,1-2H3. The van der Waals surface area contributed by atoms with E-state index in [1.165, 1.54) is 6.20 Å². The number of esters is 1. The molecule has 1 aliphatic rings. The molecule has 2 aromatic rings. The van der Waals surface area contributed by atoms with Crippen LogP contribution in [0.1, 0.15) is 35.7 Å². The zero-order valence-corrected chi connectivity index (χ0v) is 16.1. The van der Waals surface area contributed by atoms with Crippen LogP contribution in [0.2, 0.25) is 0 Å². The summed E-state index contributed by atoms with van der Waals surface area (Å²) in [5.74, 6) is 0.141. The van der Waals surface area contributed by atoms with E-state index in [9.17, 15) is 9.59 Å². The lowest BCUT2D eigenvalue weighted by atomic mass is 10.2. The Morgan fingerprint density at radius 3 is 2.57 bits per heavy atom. The first-order valence-electron chi connectivity index (χ1n) is 9.29. The fourth-order valence-corrected chi connectivity index (χ4v) is 2.82. The number of ether oxygens (including phenoxy) is 3. The first-order chi connectivity index (χ1) is 13.6. The van der Waals surface area contributed by atoms with E-state index in [0.717, 1.165) is 24.2 Å². The summed E-state index contributed by atoms with van der Waals surface area (Å²) < 4.78 is 15.7. The van der Waals surface area contributed by atoms with Crippen molar-refractivity contribution < 1.29 is 23.8 Å². The van der Waals surface area contributed by atoms with E-state index < -0.39 is 5.97 Å². The third-order valence-electron chi connectivity index (χ3n) is 4.42. The van der Waals surface area contributed by atoms with Crippen molar-refractivity contribution in [3.8, 4) is 11.6 Å². The number of pyridine rings is 1. The van der Waals surface area contributed by atoms with Gasteiger partial charge in [-0.25, -0.2) is 9.78 Å². The molecule has 1 aromatic carbocycles. The minimum atomic E-state index is -0.620. The van der Waals surface area contributed by atoms with Gasteiger partial charge in [-0.1, -0.05) is 12.1 Å². The number of nitrogens with zero attached hydrogens (tertiary/aromatic N) is 2. The van der Waals surface area contributed by atoms with Crippen molar-refractivity contribution in [3.05, 3.63) is 53.7 Å². The zero-order chi connectivity index (χ0) is 19.9. The molecule has 7 nitrogen and oxygen atoms in total. The summed E-state index contributed by atoms with van der Waals surface area (Å²) in [5, 5.41) is 0. The zero-order valence-electron chi connectivity index (χ0n) is 16.1. The first kappa shape index (κ1) is 19.7. The molecule has 3 rings (SSSR count). The van der Waals surface area contributed by atoms with Gasteiger partial charge >= 0.3 is 5.97 Å². The SMILES string of the molecule is CCOc1ncccc1C(=O)OCC(=O)N(Cc1ccc(OC)cc1)C1CC1. The quantitative estimate of drug-likeness (QED) is 0.619. The molecule has 148 valence electrons. The van der Waals surface area contributed by atoms with Crippen LogP contribution in [0.25, 0.3) is 0 Å². The van der Waals surface area contributed by atoms with Gasteiger partial charge in [0.25, 0.3) is 5.91 Å². The largest absolute Gasteiger partial charge is 0.497 e. The number of hydrogen-bond acceptors (Lipinski definition) is 6. The summed E-state index contributed by atoms with van der Waals surface area (Å²) in [7, 11) is 1.61. The van der Waals surface area contributed by atoms with Crippen LogP contribution in [-0.4, -0.2) is 48.1 Å². The van der Waals surface area contributed by atoms with Gasteiger partial charge in [0, 0.05) is 18.8 Å². The normalized spacial score (nSPS) is 12.9. The highest BCUT2D eigenvalue weighted by atomic mass is 16.5. The summed E-state index contributed by atoms with van der Waals surface area (Å²) in [4.78, 5) is 30.8. The van der Waals surface area contributed by atoms with E-state index in [0.29, 0.717) is 13.2 Å². The van der Waals surface area contributed by atoms with Gasteiger partial charge in [0.15, 0.2) is 6.61 Å². The van der Waals surface area contributed by atoms with Crippen molar-refractivity contribution >= 4 is 11.9 Å². The Kier molecular flexibility index (Phi) is 6.47. The molecule has 0 saturated heterocycles. The Balaban J connectivity index is 1.61. The molecule has 28 heavy (non-hydrogen) atoms. The molecule has 7 heteroatoms. The summed E-state index contributed by atoms with van der Waals surface area (Å²) in [6, 6.07) is 11.0. The molecule has 0 spiro atoms. The number of amides is 1. The molecule has 1 aromatic heterocycles. The Morgan fingerprint density at radius 1 is 1.18 bits per heavy atom. The summed E-state index contributed by atoms with van der Waals surface area (Å²) in [6.07, 6.45) is 3.47. The predicted molar refractivity (Wildman–Crippen MR) is 102 cm³/mol. The second-order valence-electron chi connectivity index (χ2n) is 6.47. The molecular weight excluding hydrogens is 360 g/mol. The third kappa shape index (κ3) is 5.00. The van der Waals surface area contributed by atoms with Crippen molar-refractivity contribution in [1.29, 1.82) is 0 Å². The van der Waals surface area contributed by atoms with Crippen molar-refractivity contribution in [2.75, 3.05) is 20.3 Å². The molecule has 0 unspecified atom stereocenters. The fourth-order valence-electron chi connectivity index (χ4n) is 2.82. The van der Waals surface area contributed by atoms with Crippen LogP contribution < -0.4 is 9.47 Å². The van der Waals surface area contributed by atoms with Gasteiger partial charge in [-0.15, -0.1) is 0 Å². The highest BCUT2D eigenvalue weighted by molar-refractivity contribution is 5.93. The number of methoxy groups -OCH3 is 1. The van der Waals surface area contributed by atoms with Gasteiger partial charge < -0.3 is 19.1 Å². The Bertz CT molecular complexity index is 818. The summed E-state index contributed by atoms with van der Waals surface area (Å²) in [5.41, 5.74) is 1.21. The molecule has 0 atom stereocenters. The van der Waals surface area contributed by atoms with E-state index in [-0.39, 0.29) is 30.0 Å². The molecule has 1 aliphatic carbocycles. The maximum atomic E-state index is 12.7. The van der Waals surface area contributed by atoms with Gasteiger partial charge in [-0.05, 0) is 49.6 Å². The Labute approximate surface area is 164 Å². The van der Waals surface area contributed by atoms with Crippen LogP contribution in [0.15, 0.2) is 42.6 Å². The Hall–Kier alpha value is -3.09. The number of carbonyl (C=O) groups excluding carboxylic acids is 2. The lowest BCUT2D eigenvalue weighted by Gasteiger charge is -2.22. The number of rotatable bonds is 9. The highest BCUT2D eigenvalue weighted by Crippen LogP contribution is 2.29. The van der Waals surface area contributed by atoms with Crippen LogP contribution in [0.4, 0.5) is 0 Å². The minimum Gasteiger partial charge on any atom is -0.497 e. The minimum absolute atomic E-state index is 0.200. The van der Waals surface area contributed by atoms with Crippen LogP contribution in [-0.2, 0) is 16.1 Å². The molecule has 0 aliphatic heterocycles. The van der Waals surface area contributed by atoms with Crippen molar-refractivity contribution in [1.82, 2.24) is 9.88 Å². The molecule has 0 bridgehead atoms. The fraction of sp³-hybridized carbons (Fsp3) is 0.381. The van der Waals surface area contributed by atoms with E-state index in [1.807, 2.05) is 24.3 Å². The van der Waals surface area contributed by atoms with E-state index in [2.05, 4.69) is 4.98 Å². The third-order valence-corrected chi connectivity index (χ3v) is 4.42. The number of hydrogen-bond donors (Lipinski definition) is 0. The molecule has 1 heterocycles. The van der Waals surface area contributed by atoms with E-state index in [4.69, 9.17) is 14.2 Å². The lowest BCUT2D eigenvalue weighted by molar-refractivity contribution is -0.135. The van der Waals surface area contributed by atoms with Crippen LogP contribution in [0.5, 0.6) is 11.6 Å². The number of aromatic nitrogens is 1. The number of benzene rings is 1. The topological polar surface area (TPSA) is 78.0 Å². The summed E-state index contributed by atoms with van der Waals surface area (Å²) >= 11 is 0. The van der Waals surface area contributed by atoms with Gasteiger partial charge in [0.05, 0.1) is 13.7 Å². The second kappa shape index (κ2) is 9.21. The van der Waals surface area contributed by atoms with Crippen LogP contribution >= 0.6 is 0 Å². The maximum absolute atomic E-state index is 12.7. The average Bonchev–Trinajstić information content (AvgIpc) is 3.56. The molecule has 0 N–H and O–H groups in total. The van der Waals surface area contributed by atoms with Crippen LogP contribution in [0.3, 0.4) is 0 Å². The molecule has 0 radical (unpaired) electrons. The smallest absolute Gasteiger partial charge is 0.344 e. The maximum Gasteiger partial charge on any atom is 0.344 e. The van der Waals surface area contributed by atoms with E-state index >= 15 is 0 Å². The monoisotopic (exact) mass is 384 g/mol. The van der Waals surface area contributed by atoms with Gasteiger partial charge in [-0.3, -0.25) is 4.79 Å². The van der Waals surface area contributed by atoms with Crippen molar-refractivity contribution in [2.45, 2.75) is 32.4 Å². The predicted octanol–water partition coefficient (Wildman–Crippen LogP) is 2.84. The molecule has 1 saturated carbocycles. The van der Waals surface area contributed by atoms with Gasteiger partial charge in [0.1, 0.15) is 11.3 Å². The van der Waals surface area contributed by atoms with Gasteiger partial charge in [0.2, 0.25) is 5.88 Å². The van der Waals surface area contributed by atoms with E-state index in [1.54, 1.807) is 31.1 Å². The molecule has 1 fully saturated rings. The van der Waals surface area contributed by atoms with Crippen molar-refractivity contribution in [3.63, 3.8) is 0 Å². The Morgan fingerprint density at radius 2 is 1.93 bits per heavy atom. The van der Waals surface area contributed by atoms with Crippen LogP contribution in [0, 0.1) is 0 Å². The molecule has 1 amide bonds. The highest BCUT2D eigenvalue weighted by Gasteiger charge is 2.33. The van der Waals surface area contributed by atoms with Gasteiger partial charge in [-0.2, -0.15) is 0 Å². The van der Waals surface area contributed by atoms with Crippen molar-refractivity contribution in [2.24, 2.45) is 0 Å². The lowest BCUT2D eigenvalue weighted by Crippen LogP contribution is -2.36. The molecular formula is C21H24N2O5.